The van der Waals surface area contributed by atoms with Gasteiger partial charge in [0, 0.05) is 37.6 Å². The summed E-state index contributed by atoms with van der Waals surface area (Å²) in [4.78, 5) is 45.4. The highest BCUT2D eigenvalue weighted by Gasteiger charge is 2.71. The Morgan fingerprint density at radius 2 is 1.57 bits per heavy atom. The lowest BCUT2D eigenvalue weighted by molar-refractivity contribution is -0.127. The minimum Gasteiger partial charge on any atom is -0.352 e. The first-order valence-corrected chi connectivity index (χ1v) is 13.5. The Bertz CT molecular complexity index is 1480. The zero-order chi connectivity index (χ0) is 26.3. The Labute approximate surface area is 229 Å². The molecule has 0 saturated carbocycles. The molecule has 0 radical (unpaired) electrons. The fourth-order valence-corrected chi connectivity index (χ4v) is 6.88. The fourth-order valence-electron chi connectivity index (χ4n) is 6.43. The number of fused-ring (bicyclic) bond motifs is 5. The first kappa shape index (κ1) is 24.3. The maximum Gasteiger partial charge on any atom is 0.180 e. The van der Waals surface area contributed by atoms with E-state index < -0.39 is 28.8 Å². The number of carbonyl (C=O) groups is 3. The second kappa shape index (κ2) is 8.24. The Hall–Kier alpha value is -3.02. The molecular formula is C31H25BrClNO3. The zero-order valence-corrected chi connectivity index (χ0v) is 23.0. The first-order valence-electron chi connectivity index (χ1n) is 12.3. The Balaban J connectivity index is 1.70. The highest BCUT2D eigenvalue weighted by Crippen LogP contribution is 2.61. The molecule has 186 valence electrons. The predicted octanol–water partition coefficient (Wildman–Crippen LogP) is 7.15. The molecule has 3 atom stereocenters. The maximum atomic E-state index is 14.5. The van der Waals surface area contributed by atoms with Crippen molar-refractivity contribution in [3.63, 3.8) is 0 Å². The van der Waals surface area contributed by atoms with E-state index in [2.05, 4.69) is 15.9 Å². The summed E-state index contributed by atoms with van der Waals surface area (Å²) in [5.74, 6) is -1.14. The third kappa shape index (κ3) is 3.30. The van der Waals surface area contributed by atoms with Crippen LogP contribution >= 0.6 is 27.5 Å². The van der Waals surface area contributed by atoms with Crippen LogP contribution in [0.4, 0.5) is 5.69 Å². The van der Waals surface area contributed by atoms with E-state index in [1.807, 2.05) is 74.2 Å². The van der Waals surface area contributed by atoms with E-state index in [1.54, 1.807) is 30.3 Å². The van der Waals surface area contributed by atoms with Crippen LogP contribution in [0.15, 0.2) is 77.3 Å². The number of ketones is 3. The lowest BCUT2D eigenvalue weighted by atomic mass is 9.63. The number of rotatable bonds is 2. The Morgan fingerprint density at radius 3 is 2.16 bits per heavy atom. The van der Waals surface area contributed by atoms with Gasteiger partial charge in [0.1, 0.15) is 5.41 Å². The molecule has 1 aliphatic carbocycles. The van der Waals surface area contributed by atoms with E-state index in [0.717, 1.165) is 21.3 Å². The van der Waals surface area contributed by atoms with Crippen molar-refractivity contribution in [3.8, 4) is 0 Å². The van der Waals surface area contributed by atoms with E-state index >= 15 is 0 Å². The summed E-state index contributed by atoms with van der Waals surface area (Å²) in [5.41, 5.74) is 1.12. The molecule has 6 rings (SSSR count). The van der Waals surface area contributed by atoms with E-state index in [1.165, 1.54) is 0 Å². The highest BCUT2D eigenvalue weighted by atomic mass is 79.9. The number of halogens is 2. The summed E-state index contributed by atoms with van der Waals surface area (Å²) in [6, 6.07) is 18.9. The van der Waals surface area contributed by atoms with Gasteiger partial charge in [0.2, 0.25) is 0 Å². The number of benzene rings is 3. The molecule has 0 aromatic heterocycles. The monoisotopic (exact) mass is 573 g/mol. The molecular weight excluding hydrogens is 550 g/mol. The lowest BCUT2D eigenvalue weighted by Crippen LogP contribution is -2.49. The number of Topliss-reactive ketones (excluding diaryl/α,β-unsaturated/α-hetero) is 3. The summed E-state index contributed by atoms with van der Waals surface area (Å²) >= 11 is 9.83. The maximum absolute atomic E-state index is 14.5. The highest BCUT2D eigenvalue weighted by molar-refractivity contribution is 9.10. The van der Waals surface area contributed by atoms with Crippen LogP contribution in [0.25, 0.3) is 6.08 Å². The molecule has 1 fully saturated rings. The largest absolute Gasteiger partial charge is 0.352 e. The van der Waals surface area contributed by atoms with Crippen LogP contribution in [0.5, 0.6) is 0 Å². The summed E-state index contributed by atoms with van der Waals surface area (Å²) in [5, 5.41) is 0.583. The fraction of sp³-hybridized carbons (Fsp3) is 0.258. The van der Waals surface area contributed by atoms with Crippen molar-refractivity contribution in [2.24, 2.45) is 10.8 Å². The molecule has 0 N–H and O–H groups in total. The van der Waals surface area contributed by atoms with Gasteiger partial charge >= 0.3 is 0 Å². The molecule has 3 aliphatic rings. The topological polar surface area (TPSA) is 54.5 Å². The van der Waals surface area contributed by atoms with Crippen LogP contribution in [0.3, 0.4) is 0 Å². The van der Waals surface area contributed by atoms with Crippen molar-refractivity contribution in [1.29, 1.82) is 0 Å². The Morgan fingerprint density at radius 1 is 0.946 bits per heavy atom. The standard InChI is InChI=1S/C31H25BrClNO3/c1-30(2,3)29(37)26-25(17-8-11-19(32)12-9-17)31(27(35)21-6-4-5-7-22(21)28(31)36)24-15-10-18-16-20(33)13-14-23(18)34(24)26/h4-16,24-26H,1-3H3/t24-,25+,26+/m1/s1. The molecule has 0 unspecified atom stereocenters. The molecule has 1 saturated heterocycles. The minimum atomic E-state index is -1.48. The van der Waals surface area contributed by atoms with E-state index in [4.69, 9.17) is 11.6 Å². The van der Waals surface area contributed by atoms with Crippen LogP contribution in [0.2, 0.25) is 5.02 Å². The van der Waals surface area contributed by atoms with Gasteiger partial charge in [0.25, 0.3) is 0 Å². The van der Waals surface area contributed by atoms with Crippen molar-refractivity contribution in [2.75, 3.05) is 4.90 Å². The number of anilines is 1. The molecule has 0 amide bonds. The van der Waals surface area contributed by atoms with Gasteiger partial charge in [-0.2, -0.15) is 0 Å². The molecule has 6 heteroatoms. The second-order valence-corrected chi connectivity index (χ2v) is 12.4. The summed E-state index contributed by atoms with van der Waals surface area (Å²) in [6.07, 6.45) is 3.85. The molecule has 2 heterocycles. The summed E-state index contributed by atoms with van der Waals surface area (Å²) in [7, 11) is 0. The van der Waals surface area contributed by atoms with E-state index in [9.17, 15) is 14.4 Å². The summed E-state index contributed by atoms with van der Waals surface area (Å²) in [6.45, 7) is 5.68. The number of carbonyl (C=O) groups excluding carboxylic acids is 3. The van der Waals surface area contributed by atoms with Gasteiger partial charge in [-0.1, -0.05) is 96.9 Å². The van der Waals surface area contributed by atoms with Crippen LogP contribution in [-0.2, 0) is 4.79 Å². The van der Waals surface area contributed by atoms with Gasteiger partial charge in [-0.25, -0.2) is 0 Å². The lowest BCUT2D eigenvalue weighted by Gasteiger charge is -2.38. The predicted molar refractivity (Wildman–Crippen MR) is 149 cm³/mol. The van der Waals surface area contributed by atoms with E-state index in [0.29, 0.717) is 16.1 Å². The normalized spacial score (nSPS) is 23.3. The molecule has 3 aromatic rings. The number of hydrogen-bond donors (Lipinski definition) is 0. The molecule has 0 bridgehead atoms. The molecule has 4 nitrogen and oxygen atoms in total. The number of hydrogen-bond acceptors (Lipinski definition) is 4. The molecule has 1 spiro atoms. The van der Waals surface area contributed by atoms with Gasteiger partial charge in [-0.05, 0) is 41.5 Å². The van der Waals surface area contributed by atoms with Crippen molar-refractivity contribution in [1.82, 2.24) is 0 Å². The second-order valence-electron chi connectivity index (χ2n) is 11.1. The van der Waals surface area contributed by atoms with Gasteiger partial charge in [-0.15, -0.1) is 0 Å². The Kier molecular flexibility index (Phi) is 5.42. The van der Waals surface area contributed by atoms with Crippen LogP contribution in [-0.4, -0.2) is 29.4 Å². The molecule has 37 heavy (non-hydrogen) atoms. The third-order valence-corrected chi connectivity index (χ3v) is 8.77. The minimum absolute atomic E-state index is 0.0185. The van der Waals surface area contributed by atoms with Crippen molar-refractivity contribution in [3.05, 3.63) is 105 Å². The van der Waals surface area contributed by atoms with Crippen LogP contribution in [0.1, 0.15) is 58.5 Å². The van der Waals surface area contributed by atoms with Crippen molar-refractivity contribution < 1.29 is 14.4 Å². The SMILES string of the molecule is CC(C)(C)C(=O)[C@@H]1[C@H](c2ccc(Br)cc2)C2(C(=O)c3ccccc3C2=O)[C@H]2C=Cc3cc(Cl)ccc3N12. The quantitative estimate of drug-likeness (QED) is 0.305. The average Bonchev–Trinajstić information content (AvgIpc) is 3.29. The molecule has 3 aromatic carbocycles. The van der Waals surface area contributed by atoms with Gasteiger partial charge in [0.05, 0.1) is 12.1 Å². The van der Waals surface area contributed by atoms with Gasteiger partial charge in [0.15, 0.2) is 17.3 Å². The van der Waals surface area contributed by atoms with Crippen molar-refractivity contribution in [2.45, 2.75) is 38.8 Å². The van der Waals surface area contributed by atoms with Gasteiger partial charge in [-0.3, -0.25) is 14.4 Å². The van der Waals surface area contributed by atoms with Crippen LogP contribution < -0.4 is 4.90 Å². The average molecular weight is 575 g/mol. The first-order chi connectivity index (χ1) is 17.6. The van der Waals surface area contributed by atoms with Crippen molar-refractivity contribution >= 4 is 56.6 Å². The zero-order valence-electron chi connectivity index (χ0n) is 20.7. The summed E-state index contributed by atoms with van der Waals surface area (Å²) < 4.78 is 0.881. The van der Waals surface area contributed by atoms with Gasteiger partial charge < -0.3 is 4.90 Å². The molecule has 2 aliphatic heterocycles. The smallest absolute Gasteiger partial charge is 0.180 e. The van der Waals surface area contributed by atoms with Crippen LogP contribution in [0, 0.1) is 10.8 Å². The third-order valence-electron chi connectivity index (χ3n) is 8.00. The van der Waals surface area contributed by atoms with E-state index in [-0.39, 0.29) is 17.3 Å². The number of nitrogens with zero attached hydrogens (tertiary/aromatic N) is 1.